The van der Waals surface area contributed by atoms with Gasteiger partial charge in [-0.15, -0.1) is 0 Å². The molecule has 0 fully saturated rings. The van der Waals surface area contributed by atoms with E-state index < -0.39 is 10.7 Å². The zero-order chi connectivity index (χ0) is 12.4. The van der Waals surface area contributed by atoms with Crippen LogP contribution in [0.25, 0.3) is 0 Å². The second kappa shape index (κ2) is 5.19. The molecule has 1 aliphatic rings. The van der Waals surface area contributed by atoms with Gasteiger partial charge in [-0.2, -0.15) is 0 Å². The Labute approximate surface area is 104 Å². The molecule has 3 nitrogen and oxygen atoms in total. The van der Waals surface area contributed by atoms with Gasteiger partial charge in [-0.3, -0.25) is 4.90 Å². The standard InChI is InChI=1S/C13H19NO2S/c1-10(2)11-3-4-13-8-14(9-17(15)16)6-5-12(13)7-11/h3-4,7,10,17H,5-6,8-9H2,1-2H3. The minimum atomic E-state index is -2.30. The molecular weight excluding hydrogens is 234 g/mol. The molecule has 0 radical (unpaired) electrons. The molecule has 0 aromatic heterocycles. The smallest absolute Gasteiger partial charge is 0.153 e. The van der Waals surface area contributed by atoms with Crippen molar-refractivity contribution >= 4 is 10.7 Å². The van der Waals surface area contributed by atoms with Gasteiger partial charge in [-0.25, -0.2) is 8.42 Å². The predicted octanol–water partition coefficient (Wildman–Crippen LogP) is 1.74. The normalized spacial score (nSPS) is 16.5. The Kier molecular flexibility index (Phi) is 3.84. The van der Waals surface area contributed by atoms with E-state index in [9.17, 15) is 8.42 Å². The fourth-order valence-corrected chi connectivity index (χ4v) is 2.84. The Morgan fingerprint density at radius 2 is 2.06 bits per heavy atom. The van der Waals surface area contributed by atoms with Crippen molar-refractivity contribution in [3.05, 3.63) is 34.9 Å². The highest BCUT2D eigenvalue weighted by Gasteiger charge is 2.17. The van der Waals surface area contributed by atoms with Crippen molar-refractivity contribution < 1.29 is 8.42 Å². The fourth-order valence-electron chi connectivity index (χ4n) is 2.27. The van der Waals surface area contributed by atoms with E-state index in [1.165, 1.54) is 16.7 Å². The lowest BCUT2D eigenvalue weighted by molar-refractivity contribution is 0.295. The topological polar surface area (TPSA) is 37.4 Å². The maximum Gasteiger partial charge on any atom is 0.153 e. The summed E-state index contributed by atoms with van der Waals surface area (Å²) in [4.78, 5) is 1.99. The molecule has 0 aliphatic carbocycles. The van der Waals surface area contributed by atoms with Crippen LogP contribution in [-0.4, -0.2) is 25.7 Å². The summed E-state index contributed by atoms with van der Waals surface area (Å²) in [6.07, 6.45) is 0.957. The van der Waals surface area contributed by atoms with Crippen molar-refractivity contribution in [1.29, 1.82) is 0 Å². The lowest BCUT2D eigenvalue weighted by Crippen LogP contribution is -2.31. The Hall–Kier alpha value is -0.870. The molecule has 17 heavy (non-hydrogen) atoms. The molecule has 0 amide bonds. The Balaban J connectivity index is 2.17. The quantitative estimate of drug-likeness (QED) is 0.834. The highest BCUT2D eigenvalue weighted by molar-refractivity contribution is 7.72. The van der Waals surface area contributed by atoms with Gasteiger partial charge in [-0.05, 0) is 29.0 Å². The highest BCUT2D eigenvalue weighted by atomic mass is 32.2. The van der Waals surface area contributed by atoms with E-state index in [0.717, 1.165) is 19.5 Å². The molecule has 1 aliphatic heterocycles. The van der Waals surface area contributed by atoms with Crippen molar-refractivity contribution in [3.63, 3.8) is 0 Å². The maximum atomic E-state index is 10.7. The SMILES string of the molecule is CC(C)c1ccc2c(c1)CCN(C[SH](=O)=O)C2. The minimum Gasteiger partial charge on any atom is -0.285 e. The molecule has 0 spiro atoms. The van der Waals surface area contributed by atoms with Crippen LogP contribution in [0.3, 0.4) is 0 Å². The molecule has 1 heterocycles. The van der Waals surface area contributed by atoms with Gasteiger partial charge >= 0.3 is 0 Å². The van der Waals surface area contributed by atoms with Gasteiger partial charge in [0.2, 0.25) is 0 Å². The first-order valence-electron chi connectivity index (χ1n) is 6.02. The van der Waals surface area contributed by atoms with Crippen molar-refractivity contribution in [2.24, 2.45) is 0 Å². The molecule has 0 bridgehead atoms. The number of hydrogen-bond donors (Lipinski definition) is 1. The Morgan fingerprint density at radius 3 is 2.71 bits per heavy atom. The zero-order valence-corrected chi connectivity index (χ0v) is 11.2. The molecule has 2 rings (SSSR count). The van der Waals surface area contributed by atoms with Crippen LogP contribution in [0, 0.1) is 0 Å². The van der Waals surface area contributed by atoms with Gasteiger partial charge in [0.1, 0.15) is 0 Å². The third-order valence-corrected chi connectivity index (χ3v) is 3.93. The van der Waals surface area contributed by atoms with Crippen LogP contribution in [0.2, 0.25) is 0 Å². The van der Waals surface area contributed by atoms with Gasteiger partial charge in [0.15, 0.2) is 10.7 Å². The number of nitrogens with zero attached hydrogens (tertiary/aromatic N) is 1. The first-order chi connectivity index (χ1) is 8.06. The monoisotopic (exact) mass is 253 g/mol. The maximum absolute atomic E-state index is 10.7. The molecule has 0 saturated heterocycles. The van der Waals surface area contributed by atoms with Gasteiger partial charge < -0.3 is 0 Å². The third kappa shape index (κ3) is 3.07. The second-order valence-corrected chi connectivity index (χ2v) is 5.91. The van der Waals surface area contributed by atoms with E-state index in [4.69, 9.17) is 0 Å². The second-order valence-electron chi connectivity index (χ2n) is 4.96. The van der Waals surface area contributed by atoms with E-state index in [1.54, 1.807) is 0 Å². The molecule has 0 N–H and O–H groups in total. The van der Waals surface area contributed by atoms with E-state index in [1.807, 2.05) is 4.90 Å². The van der Waals surface area contributed by atoms with Crippen LogP contribution >= 0.6 is 0 Å². The van der Waals surface area contributed by atoms with Crippen LogP contribution < -0.4 is 0 Å². The van der Waals surface area contributed by atoms with Gasteiger partial charge in [0, 0.05) is 13.1 Å². The van der Waals surface area contributed by atoms with Gasteiger partial charge in [0.25, 0.3) is 0 Å². The first kappa shape index (κ1) is 12.6. The summed E-state index contributed by atoms with van der Waals surface area (Å²) in [5.41, 5.74) is 4.03. The summed E-state index contributed by atoms with van der Waals surface area (Å²) in [6.45, 7) is 5.99. The molecule has 1 aromatic rings. The number of rotatable bonds is 3. The summed E-state index contributed by atoms with van der Waals surface area (Å²) >= 11 is 0. The zero-order valence-electron chi connectivity index (χ0n) is 10.3. The van der Waals surface area contributed by atoms with Crippen LogP contribution in [0.1, 0.15) is 36.5 Å². The van der Waals surface area contributed by atoms with Gasteiger partial charge in [0.05, 0.1) is 5.88 Å². The van der Waals surface area contributed by atoms with Crippen LogP contribution in [0.4, 0.5) is 0 Å². The first-order valence-corrected chi connectivity index (χ1v) is 7.38. The van der Waals surface area contributed by atoms with E-state index in [-0.39, 0.29) is 5.88 Å². The number of benzene rings is 1. The average Bonchev–Trinajstić information content (AvgIpc) is 2.27. The minimum absolute atomic E-state index is 0.181. The summed E-state index contributed by atoms with van der Waals surface area (Å²) < 4.78 is 21.4. The fraction of sp³-hybridized carbons (Fsp3) is 0.538. The van der Waals surface area contributed by atoms with E-state index in [0.29, 0.717) is 5.92 Å². The molecule has 0 saturated carbocycles. The largest absolute Gasteiger partial charge is 0.285 e. The number of thiol groups is 1. The lowest BCUT2D eigenvalue weighted by Gasteiger charge is -2.27. The van der Waals surface area contributed by atoms with Crippen LogP contribution in [0.15, 0.2) is 18.2 Å². The van der Waals surface area contributed by atoms with Crippen molar-refractivity contribution in [2.75, 3.05) is 12.4 Å². The summed E-state index contributed by atoms with van der Waals surface area (Å²) in [5, 5.41) is 0. The van der Waals surface area contributed by atoms with Crippen molar-refractivity contribution in [1.82, 2.24) is 4.90 Å². The molecule has 0 atom stereocenters. The highest BCUT2D eigenvalue weighted by Crippen LogP contribution is 2.23. The number of hydrogen-bond acceptors (Lipinski definition) is 3. The molecular formula is C13H19NO2S. The summed E-state index contributed by atoms with van der Waals surface area (Å²) in [6, 6.07) is 6.58. The average molecular weight is 253 g/mol. The van der Waals surface area contributed by atoms with E-state index >= 15 is 0 Å². The molecule has 94 valence electrons. The Morgan fingerprint density at radius 1 is 1.29 bits per heavy atom. The third-order valence-electron chi connectivity index (χ3n) is 3.30. The van der Waals surface area contributed by atoms with E-state index in [2.05, 4.69) is 32.0 Å². The van der Waals surface area contributed by atoms with Crippen molar-refractivity contribution in [3.8, 4) is 0 Å². The molecule has 1 aromatic carbocycles. The van der Waals surface area contributed by atoms with Crippen LogP contribution in [-0.2, 0) is 23.7 Å². The molecule has 4 heteroatoms. The van der Waals surface area contributed by atoms with Gasteiger partial charge in [-0.1, -0.05) is 32.0 Å². The summed E-state index contributed by atoms with van der Waals surface area (Å²) in [7, 11) is -2.30. The number of fused-ring (bicyclic) bond motifs is 1. The molecule has 0 unspecified atom stereocenters. The summed E-state index contributed by atoms with van der Waals surface area (Å²) in [5.74, 6) is 0.732. The van der Waals surface area contributed by atoms with Crippen molar-refractivity contribution in [2.45, 2.75) is 32.7 Å². The Bertz CT molecular complexity index is 472. The van der Waals surface area contributed by atoms with Crippen LogP contribution in [0.5, 0.6) is 0 Å². The lowest BCUT2D eigenvalue weighted by atomic mass is 9.93. The predicted molar refractivity (Wildman–Crippen MR) is 69.8 cm³/mol.